The second kappa shape index (κ2) is 6.72. The van der Waals surface area contributed by atoms with Crippen molar-refractivity contribution in [2.45, 2.75) is 6.42 Å². The standard InChI is InChI=1S/C14H9Cl2FN2O3/c15-10-2-1-3-12(17)9(10)7-14(20)18-8-4-5-11(16)13(6-8)19(21)22/h1-6H,7H2,(H,18,20). The Balaban J connectivity index is 2.16. The van der Waals surface area contributed by atoms with E-state index in [1.165, 1.54) is 30.3 Å². The summed E-state index contributed by atoms with van der Waals surface area (Å²) in [6.45, 7) is 0. The number of hydrogen-bond donors (Lipinski definition) is 1. The Bertz CT molecular complexity index is 733. The van der Waals surface area contributed by atoms with E-state index < -0.39 is 16.6 Å². The SMILES string of the molecule is O=C(Cc1c(F)cccc1Cl)Nc1ccc(Cl)c([N+](=O)[O-])c1. The fourth-order valence-corrected chi connectivity index (χ4v) is 2.21. The van der Waals surface area contributed by atoms with Crippen molar-refractivity contribution in [3.8, 4) is 0 Å². The van der Waals surface area contributed by atoms with Crippen LogP contribution in [0.2, 0.25) is 10.0 Å². The summed E-state index contributed by atoms with van der Waals surface area (Å²) in [5.74, 6) is -1.15. The molecule has 114 valence electrons. The lowest BCUT2D eigenvalue weighted by Crippen LogP contribution is -2.15. The second-order valence-electron chi connectivity index (χ2n) is 4.35. The van der Waals surface area contributed by atoms with Crippen LogP contribution >= 0.6 is 23.2 Å². The average Bonchev–Trinajstić information content (AvgIpc) is 2.45. The lowest BCUT2D eigenvalue weighted by Gasteiger charge is -2.08. The first-order valence-corrected chi connectivity index (χ1v) is 6.80. The summed E-state index contributed by atoms with van der Waals surface area (Å²) in [5, 5.41) is 13.3. The van der Waals surface area contributed by atoms with Crippen LogP contribution in [0.1, 0.15) is 5.56 Å². The Hall–Kier alpha value is -2.18. The van der Waals surface area contributed by atoms with Gasteiger partial charge in [0.25, 0.3) is 5.69 Å². The van der Waals surface area contributed by atoms with E-state index in [0.29, 0.717) is 0 Å². The molecule has 5 nitrogen and oxygen atoms in total. The molecule has 2 rings (SSSR count). The lowest BCUT2D eigenvalue weighted by molar-refractivity contribution is -0.384. The van der Waals surface area contributed by atoms with Crippen molar-refractivity contribution >= 4 is 40.5 Å². The largest absolute Gasteiger partial charge is 0.326 e. The minimum absolute atomic E-state index is 0.0415. The minimum atomic E-state index is -0.661. The van der Waals surface area contributed by atoms with Crippen molar-refractivity contribution in [1.82, 2.24) is 0 Å². The van der Waals surface area contributed by atoms with E-state index >= 15 is 0 Å². The van der Waals surface area contributed by atoms with Crippen LogP contribution in [-0.2, 0) is 11.2 Å². The zero-order chi connectivity index (χ0) is 16.3. The zero-order valence-corrected chi connectivity index (χ0v) is 12.5. The highest BCUT2D eigenvalue weighted by molar-refractivity contribution is 6.32. The normalized spacial score (nSPS) is 10.3. The Morgan fingerprint density at radius 2 is 1.95 bits per heavy atom. The van der Waals surface area contributed by atoms with Gasteiger partial charge in [0, 0.05) is 22.3 Å². The Morgan fingerprint density at radius 1 is 1.23 bits per heavy atom. The van der Waals surface area contributed by atoms with Gasteiger partial charge in [0.2, 0.25) is 5.91 Å². The number of benzene rings is 2. The molecule has 0 aliphatic carbocycles. The van der Waals surface area contributed by atoms with Gasteiger partial charge in [0.1, 0.15) is 10.8 Å². The molecule has 0 spiro atoms. The fraction of sp³-hybridized carbons (Fsp3) is 0.0714. The number of hydrogen-bond acceptors (Lipinski definition) is 3. The quantitative estimate of drug-likeness (QED) is 0.667. The molecule has 0 saturated carbocycles. The fourth-order valence-electron chi connectivity index (χ4n) is 1.80. The number of nitro groups is 1. The lowest BCUT2D eigenvalue weighted by atomic mass is 10.1. The van der Waals surface area contributed by atoms with Crippen LogP contribution in [0.5, 0.6) is 0 Å². The third kappa shape index (κ3) is 3.72. The van der Waals surface area contributed by atoms with Crippen LogP contribution in [0.4, 0.5) is 15.8 Å². The van der Waals surface area contributed by atoms with Crippen LogP contribution in [-0.4, -0.2) is 10.8 Å². The van der Waals surface area contributed by atoms with Crippen LogP contribution in [0.25, 0.3) is 0 Å². The summed E-state index contributed by atoms with van der Waals surface area (Å²) < 4.78 is 13.6. The maximum Gasteiger partial charge on any atom is 0.289 e. The maximum absolute atomic E-state index is 13.6. The van der Waals surface area contributed by atoms with Crippen LogP contribution in [0, 0.1) is 15.9 Å². The highest BCUT2D eigenvalue weighted by atomic mass is 35.5. The molecule has 8 heteroatoms. The molecule has 0 aliphatic heterocycles. The molecule has 0 fully saturated rings. The van der Waals surface area contributed by atoms with E-state index in [0.717, 1.165) is 6.07 Å². The van der Waals surface area contributed by atoms with Gasteiger partial charge in [-0.25, -0.2) is 4.39 Å². The number of nitrogens with zero attached hydrogens (tertiary/aromatic N) is 1. The number of carbonyl (C=O) groups is 1. The van der Waals surface area contributed by atoms with Crippen molar-refractivity contribution in [2.24, 2.45) is 0 Å². The van der Waals surface area contributed by atoms with Gasteiger partial charge >= 0.3 is 0 Å². The second-order valence-corrected chi connectivity index (χ2v) is 5.16. The Kier molecular flexibility index (Phi) is 4.95. The van der Waals surface area contributed by atoms with Gasteiger partial charge in [0.05, 0.1) is 11.3 Å². The third-order valence-corrected chi connectivity index (χ3v) is 3.50. The summed E-state index contributed by atoms with van der Waals surface area (Å²) in [6, 6.07) is 7.94. The zero-order valence-electron chi connectivity index (χ0n) is 11.0. The molecular weight excluding hydrogens is 334 g/mol. The first kappa shape index (κ1) is 16.2. The number of halogens is 3. The number of amides is 1. The first-order chi connectivity index (χ1) is 10.4. The van der Waals surface area contributed by atoms with Gasteiger partial charge in [-0.3, -0.25) is 14.9 Å². The first-order valence-electron chi connectivity index (χ1n) is 6.05. The highest BCUT2D eigenvalue weighted by Crippen LogP contribution is 2.27. The molecule has 0 radical (unpaired) electrons. The minimum Gasteiger partial charge on any atom is -0.326 e. The van der Waals surface area contributed by atoms with E-state index in [2.05, 4.69) is 5.32 Å². The molecule has 1 N–H and O–H groups in total. The molecule has 0 heterocycles. The third-order valence-electron chi connectivity index (χ3n) is 2.83. The number of anilines is 1. The van der Waals surface area contributed by atoms with Crippen molar-refractivity contribution in [2.75, 3.05) is 5.32 Å². The van der Waals surface area contributed by atoms with Crippen molar-refractivity contribution in [1.29, 1.82) is 0 Å². The van der Waals surface area contributed by atoms with Crippen molar-refractivity contribution < 1.29 is 14.1 Å². The molecule has 0 atom stereocenters. The summed E-state index contributed by atoms with van der Waals surface area (Å²) in [6.07, 6.45) is -0.290. The van der Waals surface area contributed by atoms with Gasteiger partial charge in [0.15, 0.2) is 0 Å². The maximum atomic E-state index is 13.6. The van der Waals surface area contributed by atoms with Crippen LogP contribution in [0.3, 0.4) is 0 Å². The van der Waals surface area contributed by atoms with E-state index in [4.69, 9.17) is 23.2 Å². The van der Waals surface area contributed by atoms with E-state index in [-0.39, 0.29) is 33.4 Å². The topological polar surface area (TPSA) is 72.2 Å². The van der Waals surface area contributed by atoms with E-state index in [9.17, 15) is 19.3 Å². The van der Waals surface area contributed by atoms with Crippen LogP contribution in [0.15, 0.2) is 36.4 Å². The molecule has 22 heavy (non-hydrogen) atoms. The molecule has 1 amide bonds. The predicted molar refractivity (Wildman–Crippen MR) is 81.9 cm³/mol. The van der Waals surface area contributed by atoms with Gasteiger partial charge in [-0.2, -0.15) is 0 Å². The monoisotopic (exact) mass is 342 g/mol. The molecule has 2 aromatic rings. The summed E-state index contributed by atoms with van der Waals surface area (Å²) in [5.41, 5.74) is -0.0814. The number of rotatable bonds is 4. The molecule has 0 unspecified atom stereocenters. The predicted octanol–water partition coefficient (Wildman–Crippen LogP) is 4.22. The Labute approximate surface area is 134 Å². The molecule has 2 aromatic carbocycles. The van der Waals surface area contributed by atoms with Gasteiger partial charge in [-0.05, 0) is 24.3 Å². The van der Waals surface area contributed by atoms with Crippen molar-refractivity contribution in [3.05, 3.63) is 67.9 Å². The average molecular weight is 343 g/mol. The summed E-state index contributed by atoms with van der Waals surface area (Å²) in [4.78, 5) is 22.0. The van der Waals surface area contributed by atoms with E-state index in [1.54, 1.807) is 0 Å². The van der Waals surface area contributed by atoms with Crippen molar-refractivity contribution in [3.63, 3.8) is 0 Å². The number of nitro benzene ring substituents is 1. The number of nitrogens with one attached hydrogen (secondary N) is 1. The molecule has 0 saturated heterocycles. The molecule has 0 aromatic heterocycles. The summed E-state index contributed by atoms with van der Waals surface area (Å²) >= 11 is 11.5. The Morgan fingerprint density at radius 3 is 2.59 bits per heavy atom. The van der Waals surface area contributed by atoms with Gasteiger partial charge in [-0.1, -0.05) is 29.3 Å². The smallest absolute Gasteiger partial charge is 0.289 e. The molecule has 0 bridgehead atoms. The number of carbonyl (C=O) groups excluding carboxylic acids is 1. The summed E-state index contributed by atoms with van der Waals surface area (Å²) in [7, 11) is 0. The molecular formula is C14H9Cl2FN2O3. The van der Waals surface area contributed by atoms with E-state index in [1.807, 2.05) is 0 Å². The highest BCUT2D eigenvalue weighted by Gasteiger charge is 2.15. The van der Waals surface area contributed by atoms with Crippen LogP contribution < -0.4 is 5.32 Å². The van der Waals surface area contributed by atoms with Gasteiger partial charge in [-0.15, -0.1) is 0 Å². The molecule has 0 aliphatic rings. The van der Waals surface area contributed by atoms with Gasteiger partial charge < -0.3 is 5.32 Å².